The van der Waals surface area contributed by atoms with Gasteiger partial charge in [-0.2, -0.15) is 0 Å². The standard InChI is InChI=1S/C21H23FN2O/c22-18-8-6-17(7-9-18)21-19-4-2-1-3-16(19)11-12-24(21)20(25)10-5-15-13-23-14-15/h1-4,6-9,15,21,23H,5,10-14H2/t21-/m0/s1. The summed E-state index contributed by atoms with van der Waals surface area (Å²) in [6, 6.07) is 14.7. The summed E-state index contributed by atoms with van der Waals surface area (Å²) >= 11 is 0. The molecule has 2 aliphatic rings. The molecule has 2 aromatic rings. The minimum absolute atomic E-state index is 0.113. The van der Waals surface area contributed by atoms with Crippen molar-refractivity contribution in [1.29, 1.82) is 0 Å². The Kier molecular flexibility index (Phi) is 4.53. The number of nitrogens with one attached hydrogen (secondary N) is 1. The van der Waals surface area contributed by atoms with Crippen LogP contribution in [0.2, 0.25) is 0 Å². The smallest absolute Gasteiger partial charge is 0.223 e. The molecule has 0 radical (unpaired) electrons. The van der Waals surface area contributed by atoms with Gasteiger partial charge in [-0.3, -0.25) is 4.79 Å². The fraction of sp³-hybridized carbons (Fsp3) is 0.381. The molecule has 2 heterocycles. The quantitative estimate of drug-likeness (QED) is 0.928. The molecule has 2 aromatic carbocycles. The van der Waals surface area contributed by atoms with Crippen LogP contribution in [0.3, 0.4) is 0 Å². The van der Waals surface area contributed by atoms with E-state index in [2.05, 4.69) is 17.4 Å². The van der Waals surface area contributed by atoms with Crippen molar-refractivity contribution >= 4 is 5.91 Å². The van der Waals surface area contributed by atoms with E-state index in [-0.39, 0.29) is 17.8 Å². The van der Waals surface area contributed by atoms with Crippen LogP contribution in [0.5, 0.6) is 0 Å². The highest BCUT2D eigenvalue weighted by Gasteiger charge is 2.32. The van der Waals surface area contributed by atoms with Crippen LogP contribution in [0.15, 0.2) is 48.5 Å². The molecule has 4 rings (SSSR count). The Balaban J connectivity index is 1.62. The maximum atomic E-state index is 13.4. The first-order chi connectivity index (χ1) is 12.2. The number of carbonyl (C=O) groups is 1. The minimum atomic E-state index is -0.247. The van der Waals surface area contributed by atoms with Crippen molar-refractivity contribution in [2.75, 3.05) is 19.6 Å². The zero-order chi connectivity index (χ0) is 17.2. The van der Waals surface area contributed by atoms with Gasteiger partial charge in [0.05, 0.1) is 6.04 Å². The van der Waals surface area contributed by atoms with Gasteiger partial charge in [-0.05, 0) is 60.7 Å². The van der Waals surface area contributed by atoms with Crippen molar-refractivity contribution in [3.8, 4) is 0 Å². The van der Waals surface area contributed by atoms with Crippen molar-refractivity contribution in [2.24, 2.45) is 5.92 Å². The Bertz CT molecular complexity index is 755. The Morgan fingerprint density at radius 2 is 1.88 bits per heavy atom. The minimum Gasteiger partial charge on any atom is -0.331 e. The maximum Gasteiger partial charge on any atom is 0.223 e. The predicted octanol–water partition coefficient (Wildman–Crippen LogP) is 3.30. The number of fused-ring (bicyclic) bond motifs is 1. The van der Waals surface area contributed by atoms with Gasteiger partial charge in [0, 0.05) is 13.0 Å². The van der Waals surface area contributed by atoms with Gasteiger partial charge in [-0.15, -0.1) is 0 Å². The number of rotatable bonds is 4. The van der Waals surface area contributed by atoms with Gasteiger partial charge >= 0.3 is 0 Å². The first-order valence-corrected chi connectivity index (χ1v) is 9.06. The van der Waals surface area contributed by atoms with Gasteiger partial charge in [0.1, 0.15) is 5.82 Å². The summed E-state index contributed by atoms with van der Waals surface area (Å²) in [6.07, 6.45) is 2.41. The lowest BCUT2D eigenvalue weighted by atomic mass is 9.87. The van der Waals surface area contributed by atoms with Crippen LogP contribution in [0, 0.1) is 11.7 Å². The first kappa shape index (κ1) is 16.3. The molecule has 2 aliphatic heterocycles. The predicted molar refractivity (Wildman–Crippen MR) is 95.7 cm³/mol. The van der Waals surface area contributed by atoms with Crippen molar-refractivity contribution in [1.82, 2.24) is 10.2 Å². The molecule has 0 aromatic heterocycles. The van der Waals surface area contributed by atoms with Gasteiger partial charge < -0.3 is 10.2 Å². The number of halogens is 1. The molecule has 1 atom stereocenters. The lowest BCUT2D eigenvalue weighted by molar-refractivity contribution is -0.133. The summed E-state index contributed by atoms with van der Waals surface area (Å²) in [7, 11) is 0. The number of carbonyl (C=O) groups excluding carboxylic acids is 1. The molecule has 1 saturated heterocycles. The Labute approximate surface area is 147 Å². The SMILES string of the molecule is O=C(CCC1CNC1)N1CCc2ccccc2[C@@H]1c1ccc(F)cc1. The zero-order valence-corrected chi connectivity index (χ0v) is 14.2. The molecule has 3 nitrogen and oxygen atoms in total. The van der Waals surface area contributed by atoms with Crippen molar-refractivity contribution < 1.29 is 9.18 Å². The van der Waals surface area contributed by atoms with Crippen LogP contribution in [0.1, 0.15) is 35.6 Å². The van der Waals surface area contributed by atoms with E-state index in [1.165, 1.54) is 23.3 Å². The summed E-state index contributed by atoms with van der Waals surface area (Å²) < 4.78 is 13.4. The molecular weight excluding hydrogens is 315 g/mol. The molecule has 0 spiro atoms. The van der Waals surface area contributed by atoms with E-state index in [4.69, 9.17) is 0 Å². The zero-order valence-electron chi connectivity index (χ0n) is 14.2. The Morgan fingerprint density at radius 3 is 2.60 bits per heavy atom. The average Bonchev–Trinajstić information content (AvgIpc) is 2.60. The van der Waals surface area contributed by atoms with Crippen LogP contribution in [0.4, 0.5) is 4.39 Å². The largest absolute Gasteiger partial charge is 0.331 e. The van der Waals surface area contributed by atoms with Crippen LogP contribution >= 0.6 is 0 Å². The molecular formula is C21H23FN2O. The fourth-order valence-electron chi connectivity index (χ4n) is 3.86. The highest BCUT2D eigenvalue weighted by atomic mass is 19.1. The summed E-state index contributed by atoms with van der Waals surface area (Å²) in [6.45, 7) is 2.77. The Morgan fingerprint density at radius 1 is 1.12 bits per heavy atom. The number of hydrogen-bond acceptors (Lipinski definition) is 2. The normalized spacial score (nSPS) is 20.0. The molecule has 0 unspecified atom stereocenters. The number of benzene rings is 2. The van der Waals surface area contributed by atoms with E-state index >= 15 is 0 Å². The van der Waals surface area contributed by atoms with Crippen LogP contribution in [0.25, 0.3) is 0 Å². The van der Waals surface area contributed by atoms with Gasteiger partial charge in [0.2, 0.25) is 5.91 Å². The summed E-state index contributed by atoms with van der Waals surface area (Å²) in [4.78, 5) is 14.9. The molecule has 1 N–H and O–H groups in total. The van der Waals surface area contributed by atoms with Crippen LogP contribution in [-0.4, -0.2) is 30.4 Å². The molecule has 0 bridgehead atoms. The third-order valence-electron chi connectivity index (χ3n) is 5.42. The van der Waals surface area contributed by atoms with E-state index in [1.807, 2.05) is 17.0 Å². The van der Waals surface area contributed by atoms with Gasteiger partial charge in [0.25, 0.3) is 0 Å². The molecule has 0 aliphatic carbocycles. The molecule has 0 saturated carbocycles. The monoisotopic (exact) mass is 338 g/mol. The third-order valence-corrected chi connectivity index (χ3v) is 5.42. The molecule has 1 amide bonds. The number of amides is 1. The highest BCUT2D eigenvalue weighted by molar-refractivity contribution is 5.78. The van der Waals surface area contributed by atoms with Crippen molar-refractivity contribution in [3.05, 3.63) is 71.0 Å². The molecule has 4 heteroatoms. The molecule has 1 fully saturated rings. The number of nitrogens with zero attached hydrogens (tertiary/aromatic N) is 1. The number of hydrogen-bond donors (Lipinski definition) is 1. The van der Waals surface area contributed by atoms with E-state index in [9.17, 15) is 9.18 Å². The maximum absolute atomic E-state index is 13.4. The van der Waals surface area contributed by atoms with E-state index in [1.54, 1.807) is 12.1 Å². The average molecular weight is 338 g/mol. The molecule has 25 heavy (non-hydrogen) atoms. The highest BCUT2D eigenvalue weighted by Crippen LogP contribution is 2.35. The van der Waals surface area contributed by atoms with E-state index in [0.29, 0.717) is 12.3 Å². The van der Waals surface area contributed by atoms with Gasteiger partial charge in [0.15, 0.2) is 0 Å². The first-order valence-electron chi connectivity index (χ1n) is 9.06. The molecule has 130 valence electrons. The van der Waals surface area contributed by atoms with Gasteiger partial charge in [-0.25, -0.2) is 4.39 Å². The lowest BCUT2D eigenvalue weighted by Crippen LogP contribution is -2.44. The summed E-state index contributed by atoms with van der Waals surface area (Å²) in [5, 5.41) is 3.26. The van der Waals surface area contributed by atoms with Crippen molar-refractivity contribution in [2.45, 2.75) is 25.3 Å². The summed E-state index contributed by atoms with van der Waals surface area (Å²) in [5.74, 6) is 0.587. The fourth-order valence-corrected chi connectivity index (χ4v) is 3.86. The van der Waals surface area contributed by atoms with Crippen LogP contribution in [-0.2, 0) is 11.2 Å². The van der Waals surface area contributed by atoms with Gasteiger partial charge in [-0.1, -0.05) is 36.4 Å². The van der Waals surface area contributed by atoms with E-state index < -0.39 is 0 Å². The second-order valence-electron chi connectivity index (χ2n) is 7.05. The van der Waals surface area contributed by atoms with Crippen molar-refractivity contribution in [3.63, 3.8) is 0 Å². The van der Waals surface area contributed by atoms with Crippen LogP contribution < -0.4 is 5.32 Å². The summed E-state index contributed by atoms with van der Waals surface area (Å²) in [5.41, 5.74) is 3.43. The van der Waals surface area contributed by atoms with E-state index in [0.717, 1.165) is 38.0 Å². The Hall–Kier alpha value is -2.20. The second-order valence-corrected chi connectivity index (χ2v) is 7.05. The second kappa shape index (κ2) is 6.96. The topological polar surface area (TPSA) is 32.3 Å². The lowest BCUT2D eigenvalue weighted by Gasteiger charge is -2.38. The third kappa shape index (κ3) is 3.31.